The SMILES string of the molecule is CCO/N=C(\C(=O)O)c1csc(NC(=O)CCl)[n+]1[O-]. The fourth-order valence-corrected chi connectivity index (χ4v) is 1.89. The number of oxime groups is 1. The number of aliphatic carboxylic acids is 1. The summed E-state index contributed by atoms with van der Waals surface area (Å²) >= 11 is 6.15. The van der Waals surface area contributed by atoms with Gasteiger partial charge in [0, 0.05) is 5.38 Å². The molecule has 0 aliphatic rings. The molecule has 19 heavy (non-hydrogen) atoms. The highest BCUT2D eigenvalue weighted by molar-refractivity contribution is 7.13. The Balaban J connectivity index is 3.06. The van der Waals surface area contributed by atoms with Crippen molar-refractivity contribution in [2.75, 3.05) is 17.8 Å². The van der Waals surface area contributed by atoms with Gasteiger partial charge in [-0.3, -0.25) is 0 Å². The first-order valence-electron chi connectivity index (χ1n) is 5.01. The summed E-state index contributed by atoms with van der Waals surface area (Å²) < 4.78 is 0.251. The number of carboxylic acids is 1. The van der Waals surface area contributed by atoms with E-state index in [1.165, 1.54) is 5.38 Å². The average Bonchev–Trinajstić information content (AvgIpc) is 2.72. The van der Waals surface area contributed by atoms with Crippen LogP contribution in [0.2, 0.25) is 0 Å². The number of nitrogens with one attached hydrogen (secondary N) is 1. The topological polar surface area (TPSA) is 115 Å². The predicted octanol–water partition coefficient (Wildman–Crippen LogP) is 0.384. The van der Waals surface area contributed by atoms with Gasteiger partial charge in [-0.15, -0.1) is 11.6 Å². The van der Waals surface area contributed by atoms with E-state index in [-0.39, 0.29) is 28.0 Å². The van der Waals surface area contributed by atoms with Crippen molar-refractivity contribution in [2.24, 2.45) is 5.16 Å². The molecule has 0 bridgehead atoms. The molecule has 0 radical (unpaired) electrons. The fourth-order valence-electron chi connectivity index (χ4n) is 1.03. The number of nitrogens with zero attached hydrogens (tertiary/aromatic N) is 2. The number of alkyl halides is 1. The number of hydrogen-bond acceptors (Lipinski definition) is 6. The molecule has 104 valence electrons. The lowest BCUT2D eigenvalue weighted by Gasteiger charge is -2.05. The predicted molar refractivity (Wildman–Crippen MR) is 68.4 cm³/mol. The normalized spacial score (nSPS) is 11.2. The number of carboxylic acid groups (broad SMARTS) is 1. The van der Waals surface area contributed by atoms with Gasteiger partial charge in [0.05, 0.1) is 0 Å². The Morgan fingerprint density at radius 1 is 1.68 bits per heavy atom. The standard InChI is InChI=1S/C9H10ClN3O5S/c1-2-18-12-7(8(15)16)5-4-19-9(13(5)17)11-6(14)3-10/h4H,2-3H2,1H3,(H,11,14)(H,15,16)/b12-7-. The van der Waals surface area contributed by atoms with Crippen LogP contribution in [-0.2, 0) is 14.4 Å². The molecule has 0 atom stereocenters. The Morgan fingerprint density at radius 2 is 2.37 bits per heavy atom. The maximum Gasteiger partial charge on any atom is 0.362 e. The molecule has 0 saturated carbocycles. The van der Waals surface area contributed by atoms with E-state index in [4.69, 9.17) is 16.7 Å². The Hall–Kier alpha value is -1.87. The molecular formula is C9H10ClN3O5S. The lowest BCUT2D eigenvalue weighted by atomic mass is 10.3. The van der Waals surface area contributed by atoms with Gasteiger partial charge in [-0.1, -0.05) is 16.5 Å². The number of carbonyl (C=O) groups is 2. The summed E-state index contributed by atoms with van der Waals surface area (Å²) in [5.74, 6) is -2.30. The molecule has 8 nitrogen and oxygen atoms in total. The van der Waals surface area contributed by atoms with Crippen molar-refractivity contribution >= 4 is 45.7 Å². The molecule has 1 heterocycles. The number of rotatable bonds is 6. The summed E-state index contributed by atoms with van der Waals surface area (Å²) in [6, 6.07) is 0. The van der Waals surface area contributed by atoms with E-state index >= 15 is 0 Å². The van der Waals surface area contributed by atoms with Crippen LogP contribution in [0.1, 0.15) is 12.6 Å². The summed E-state index contributed by atoms with van der Waals surface area (Å²) in [5.41, 5.74) is -0.768. The Morgan fingerprint density at radius 3 is 2.89 bits per heavy atom. The Kier molecular flexibility index (Phi) is 5.52. The van der Waals surface area contributed by atoms with Crippen molar-refractivity contribution in [3.63, 3.8) is 0 Å². The summed E-state index contributed by atoms with van der Waals surface area (Å²) in [7, 11) is 0. The molecule has 0 aliphatic carbocycles. The van der Waals surface area contributed by atoms with E-state index in [2.05, 4.69) is 15.3 Å². The maximum atomic E-state index is 11.8. The zero-order valence-corrected chi connectivity index (χ0v) is 11.3. The molecule has 0 saturated heterocycles. The van der Waals surface area contributed by atoms with Gasteiger partial charge in [-0.2, -0.15) is 5.32 Å². The van der Waals surface area contributed by atoms with E-state index < -0.39 is 17.6 Å². The molecule has 0 aliphatic heterocycles. The first-order valence-corrected chi connectivity index (χ1v) is 6.43. The van der Waals surface area contributed by atoms with E-state index in [0.29, 0.717) is 0 Å². The molecule has 1 amide bonds. The van der Waals surface area contributed by atoms with Crippen molar-refractivity contribution in [3.05, 3.63) is 16.3 Å². The third-order valence-corrected chi connectivity index (χ3v) is 2.86. The molecule has 0 aromatic carbocycles. The minimum atomic E-state index is -1.41. The van der Waals surface area contributed by atoms with Crippen molar-refractivity contribution < 1.29 is 24.3 Å². The zero-order valence-electron chi connectivity index (χ0n) is 9.75. The molecule has 1 aromatic heterocycles. The minimum absolute atomic E-state index is 0.0916. The van der Waals surface area contributed by atoms with Crippen LogP contribution in [0.15, 0.2) is 10.5 Å². The van der Waals surface area contributed by atoms with Crippen LogP contribution < -0.4 is 10.0 Å². The molecule has 2 N–H and O–H groups in total. The number of hydrogen-bond donors (Lipinski definition) is 2. The van der Waals surface area contributed by atoms with Crippen molar-refractivity contribution in [1.29, 1.82) is 0 Å². The lowest BCUT2D eigenvalue weighted by molar-refractivity contribution is -0.586. The van der Waals surface area contributed by atoms with Crippen molar-refractivity contribution in [1.82, 2.24) is 0 Å². The van der Waals surface area contributed by atoms with E-state index in [1.807, 2.05) is 0 Å². The first kappa shape index (κ1) is 15.2. The number of anilines is 1. The zero-order chi connectivity index (χ0) is 14.4. The molecule has 1 aromatic rings. The molecule has 1 rings (SSSR count). The average molecular weight is 308 g/mol. The van der Waals surface area contributed by atoms with Gasteiger partial charge >= 0.3 is 17.0 Å². The highest BCUT2D eigenvalue weighted by atomic mass is 35.5. The summed E-state index contributed by atoms with van der Waals surface area (Å²) in [6.07, 6.45) is 0. The van der Waals surface area contributed by atoms with E-state index in [9.17, 15) is 14.8 Å². The van der Waals surface area contributed by atoms with Crippen LogP contribution in [0.3, 0.4) is 0 Å². The smallest absolute Gasteiger partial charge is 0.362 e. The molecule has 0 unspecified atom stereocenters. The second kappa shape index (κ2) is 6.90. The van der Waals surface area contributed by atoms with Gasteiger partial charge in [0.1, 0.15) is 12.5 Å². The third kappa shape index (κ3) is 3.80. The highest BCUT2D eigenvalue weighted by Crippen LogP contribution is 2.14. The number of thiazole rings is 1. The summed E-state index contributed by atoms with van der Waals surface area (Å²) in [6.45, 7) is 1.78. The number of aromatic nitrogens is 1. The van der Waals surface area contributed by atoms with Crippen molar-refractivity contribution in [2.45, 2.75) is 6.92 Å². The largest absolute Gasteiger partial charge is 0.709 e. The van der Waals surface area contributed by atoms with Crippen LogP contribution >= 0.6 is 22.9 Å². The third-order valence-electron chi connectivity index (χ3n) is 1.78. The lowest BCUT2D eigenvalue weighted by Crippen LogP contribution is -2.38. The molecule has 0 fully saturated rings. The van der Waals surface area contributed by atoms with Gasteiger partial charge in [-0.25, -0.2) is 14.3 Å². The molecular weight excluding hydrogens is 298 g/mol. The van der Waals surface area contributed by atoms with E-state index in [0.717, 1.165) is 11.3 Å². The van der Waals surface area contributed by atoms with Crippen molar-refractivity contribution in [3.8, 4) is 0 Å². The molecule has 0 spiro atoms. The second-order valence-corrected chi connectivity index (χ2v) is 4.19. The Bertz CT molecular complexity index is 516. The quantitative estimate of drug-likeness (QED) is 0.259. The Labute approximate surface area is 116 Å². The van der Waals surface area contributed by atoms with Gasteiger partial charge in [0.15, 0.2) is 5.69 Å². The number of halogens is 1. The van der Waals surface area contributed by atoms with Crippen LogP contribution in [0.25, 0.3) is 0 Å². The summed E-state index contributed by atoms with van der Waals surface area (Å²) in [4.78, 5) is 26.7. The van der Waals surface area contributed by atoms with Crippen LogP contribution in [-0.4, -0.2) is 35.2 Å². The van der Waals surface area contributed by atoms with Crippen LogP contribution in [0, 0.1) is 5.21 Å². The van der Waals surface area contributed by atoms with Gasteiger partial charge < -0.3 is 15.2 Å². The monoisotopic (exact) mass is 307 g/mol. The van der Waals surface area contributed by atoms with Gasteiger partial charge in [0.25, 0.3) is 0 Å². The van der Waals surface area contributed by atoms with Crippen LogP contribution in [0.4, 0.5) is 5.13 Å². The number of amides is 1. The second-order valence-electron chi connectivity index (χ2n) is 3.07. The van der Waals surface area contributed by atoms with E-state index in [1.54, 1.807) is 6.92 Å². The number of carbonyl (C=O) groups excluding carboxylic acids is 1. The minimum Gasteiger partial charge on any atom is -0.709 e. The highest BCUT2D eigenvalue weighted by Gasteiger charge is 2.24. The van der Waals surface area contributed by atoms with Gasteiger partial charge in [0.2, 0.25) is 5.71 Å². The first-order chi connectivity index (χ1) is 9.01. The maximum absolute atomic E-state index is 11.8. The fraction of sp³-hybridized carbons (Fsp3) is 0.333. The molecule has 10 heteroatoms. The van der Waals surface area contributed by atoms with Gasteiger partial charge in [-0.05, 0) is 6.92 Å². The summed E-state index contributed by atoms with van der Waals surface area (Å²) in [5, 5.41) is 27.5. The van der Waals surface area contributed by atoms with Crippen LogP contribution in [0.5, 0.6) is 0 Å².